The Balaban J connectivity index is 2.37. The van der Waals surface area contributed by atoms with Crippen molar-refractivity contribution in [2.75, 3.05) is 47.5 Å². The molecule has 1 aromatic rings. The molecule has 0 bridgehead atoms. The summed E-state index contributed by atoms with van der Waals surface area (Å²) in [5.41, 5.74) is 1.20. The van der Waals surface area contributed by atoms with E-state index in [0.717, 1.165) is 43.0 Å². The molecule has 0 atom stereocenters. The van der Waals surface area contributed by atoms with Crippen molar-refractivity contribution in [3.8, 4) is 5.75 Å². The molecule has 0 saturated carbocycles. The van der Waals surface area contributed by atoms with Gasteiger partial charge >= 0.3 is 0 Å². The first-order chi connectivity index (χ1) is 9.17. The highest BCUT2D eigenvalue weighted by atomic mass is 79.9. The molecule has 0 aliphatic carbocycles. The van der Waals surface area contributed by atoms with Crippen LogP contribution < -0.4 is 10.1 Å². The van der Waals surface area contributed by atoms with E-state index in [0.29, 0.717) is 0 Å². The van der Waals surface area contributed by atoms with E-state index >= 15 is 0 Å². The van der Waals surface area contributed by atoms with Crippen LogP contribution in [0, 0.1) is 0 Å². The number of likely N-dealkylation sites (N-methyl/N-ethyl adjacent to an activating group) is 1. The van der Waals surface area contributed by atoms with Crippen LogP contribution in [0.2, 0.25) is 0 Å². The maximum absolute atomic E-state index is 5.40. The van der Waals surface area contributed by atoms with Crippen molar-refractivity contribution in [2.45, 2.75) is 6.54 Å². The molecule has 0 aliphatic heterocycles. The van der Waals surface area contributed by atoms with E-state index < -0.39 is 0 Å². The predicted molar refractivity (Wildman–Crippen MR) is 81.8 cm³/mol. The van der Waals surface area contributed by atoms with Crippen molar-refractivity contribution < 1.29 is 9.47 Å². The first kappa shape index (κ1) is 16.4. The van der Waals surface area contributed by atoms with Crippen molar-refractivity contribution in [2.24, 2.45) is 0 Å². The lowest BCUT2D eigenvalue weighted by Gasteiger charge is -2.18. The third-order valence-corrected chi connectivity index (χ3v) is 3.34. The second-order valence-electron chi connectivity index (χ2n) is 4.44. The molecule has 0 heterocycles. The Bertz CT molecular complexity index is 374. The van der Waals surface area contributed by atoms with Crippen LogP contribution >= 0.6 is 15.9 Å². The Labute approximate surface area is 124 Å². The second kappa shape index (κ2) is 9.31. The molecule has 5 heteroatoms. The predicted octanol–water partition coefficient (Wildman–Crippen LogP) is 2.13. The summed E-state index contributed by atoms with van der Waals surface area (Å²) < 4.78 is 11.4. The Morgan fingerprint density at radius 3 is 2.74 bits per heavy atom. The zero-order chi connectivity index (χ0) is 14.1. The number of nitrogens with zero attached hydrogens (tertiary/aromatic N) is 1. The van der Waals surface area contributed by atoms with Gasteiger partial charge in [0.25, 0.3) is 0 Å². The first-order valence-electron chi connectivity index (χ1n) is 6.38. The van der Waals surface area contributed by atoms with Gasteiger partial charge in [-0.05, 0) is 19.2 Å². The van der Waals surface area contributed by atoms with Crippen molar-refractivity contribution in [3.05, 3.63) is 28.2 Å². The molecular formula is C14H23BrN2O2. The quantitative estimate of drug-likeness (QED) is 0.703. The molecule has 4 nitrogen and oxygen atoms in total. The Hall–Kier alpha value is -0.620. The Morgan fingerprint density at radius 2 is 2.05 bits per heavy atom. The van der Waals surface area contributed by atoms with E-state index in [1.165, 1.54) is 5.56 Å². The zero-order valence-electron chi connectivity index (χ0n) is 11.9. The highest BCUT2D eigenvalue weighted by molar-refractivity contribution is 9.10. The van der Waals surface area contributed by atoms with Crippen LogP contribution in [0.4, 0.5) is 0 Å². The molecule has 19 heavy (non-hydrogen) atoms. The van der Waals surface area contributed by atoms with E-state index in [9.17, 15) is 0 Å². The average molecular weight is 331 g/mol. The van der Waals surface area contributed by atoms with E-state index in [2.05, 4.69) is 39.3 Å². The maximum atomic E-state index is 5.40. The third kappa shape index (κ3) is 6.38. The first-order valence-corrected chi connectivity index (χ1v) is 7.17. The minimum Gasteiger partial charge on any atom is -0.496 e. The summed E-state index contributed by atoms with van der Waals surface area (Å²) in [5.74, 6) is 0.925. The molecule has 1 rings (SSSR count). The number of hydrogen-bond acceptors (Lipinski definition) is 4. The number of nitrogens with one attached hydrogen (secondary N) is 1. The molecule has 0 aliphatic rings. The highest BCUT2D eigenvalue weighted by Crippen LogP contribution is 2.24. The van der Waals surface area contributed by atoms with Crippen LogP contribution in [0.25, 0.3) is 0 Å². The van der Waals surface area contributed by atoms with Gasteiger partial charge < -0.3 is 19.7 Å². The summed E-state index contributed by atoms with van der Waals surface area (Å²) >= 11 is 3.45. The summed E-state index contributed by atoms with van der Waals surface area (Å²) in [6.07, 6.45) is 0. The number of rotatable bonds is 9. The lowest BCUT2D eigenvalue weighted by atomic mass is 10.2. The van der Waals surface area contributed by atoms with E-state index in [1.807, 2.05) is 12.1 Å². The molecule has 1 N–H and O–H groups in total. The van der Waals surface area contributed by atoms with Gasteiger partial charge in [0.2, 0.25) is 0 Å². The smallest absolute Gasteiger partial charge is 0.124 e. The fourth-order valence-corrected chi connectivity index (χ4v) is 2.13. The lowest BCUT2D eigenvalue weighted by Crippen LogP contribution is -2.30. The van der Waals surface area contributed by atoms with Gasteiger partial charge in [0.05, 0.1) is 13.7 Å². The lowest BCUT2D eigenvalue weighted by molar-refractivity contribution is 0.197. The molecule has 108 valence electrons. The monoisotopic (exact) mass is 330 g/mol. The Morgan fingerprint density at radius 1 is 1.26 bits per heavy atom. The van der Waals surface area contributed by atoms with Crippen molar-refractivity contribution in [1.82, 2.24) is 10.2 Å². The normalized spacial score (nSPS) is 11.0. The third-order valence-electron chi connectivity index (χ3n) is 2.84. The minimum absolute atomic E-state index is 0.754. The Kier molecular flexibility index (Phi) is 8.05. The van der Waals surface area contributed by atoms with Crippen molar-refractivity contribution in [3.63, 3.8) is 0 Å². The summed E-state index contributed by atoms with van der Waals surface area (Å²) in [6, 6.07) is 6.14. The van der Waals surface area contributed by atoms with Gasteiger partial charge in [-0.3, -0.25) is 0 Å². The minimum atomic E-state index is 0.754. The topological polar surface area (TPSA) is 33.7 Å². The number of hydrogen-bond donors (Lipinski definition) is 1. The van der Waals surface area contributed by atoms with Crippen LogP contribution in [0.5, 0.6) is 5.75 Å². The number of ether oxygens (including phenoxy) is 2. The molecule has 0 aromatic heterocycles. The van der Waals surface area contributed by atoms with E-state index in [-0.39, 0.29) is 0 Å². The van der Waals surface area contributed by atoms with E-state index in [4.69, 9.17) is 9.47 Å². The molecule has 0 amide bonds. The average Bonchev–Trinajstić information content (AvgIpc) is 2.40. The summed E-state index contributed by atoms with van der Waals surface area (Å²) in [6.45, 7) is 4.47. The van der Waals surface area contributed by atoms with Crippen LogP contribution in [-0.4, -0.2) is 52.4 Å². The summed E-state index contributed by atoms with van der Waals surface area (Å²) in [5, 5.41) is 3.34. The molecule has 1 aromatic carbocycles. The molecule has 0 saturated heterocycles. The summed E-state index contributed by atoms with van der Waals surface area (Å²) in [4.78, 5) is 2.27. The van der Waals surface area contributed by atoms with Crippen LogP contribution in [0.15, 0.2) is 22.7 Å². The van der Waals surface area contributed by atoms with Gasteiger partial charge in [0, 0.05) is 43.3 Å². The maximum Gasteiger partial charge on any atom is 0.124 e. The van der Waals surface area contributed by atoms with E-state index in [1.54, 1.807) is 14.2 Å². The molecule has 0 radical (unpaired) electrons. The largest absolute Gasteiger partial charge is 0.496 e. The fourth-order valence-electron chi connectivity index (χ4n) is 1.79. The van der Waals surface area contributed by atoms with Crippen LogP contribution in [-0.2, 0) is 11.3 Å². The number of methoxy groups -OCH3 is 2. The van der Waals surface area contributed by atoms with Gasteiger partial charge in [-0.2, -0.15) is 0 Å². The van der Waals surface area contributed by atoms with Crippen molar-refractivity contribution in [1.29, 1.82) is 0 Å². The van der Waals surface area contributed by atoms with Gasteiger partial charge in [-0.1, -0.05) is 22.0 Å². The number of halogens is 1. The standard InChI is InChI=1S/C14H23BrN2O2/c1-17(8-6-16-7-9-18-2)11-12-4-5-13(15)10-14(12)19-3/h4-5,10,16H,6-9,11H2,1-3H3. The molecule has 0 unspecified atom stereocenters. The molecule has 0 spiro atoms. The van der Waals surface area contributed by atoms with Gasteiger partial charge in [0.1, 0.15) is 5.75 Å². The van der Waals surface area contributed by atoms with Gasteiger partial charge in [-0.25, -0.2) is 0 Å². The number of benzene rings is 1. The second-order valence-corrected chi connectivity index (χ2v) is 5.35. The molecular weight excluding hydrogens is 308 g/mol. The van der Waals surface area contributed by atoms with Crippen LogP contribution in [0.1, 0.15) is 5.56 Å². The fraction of sp³-hybridized carbons (Fsp3) is 0.571. The highest BCUT2D eigenvalue weighted by Gasteiger charge is 2.06. The van der Waals surface area contributed by atoms with Gasteiger partial charge in [-0.15, -0.1) is 0 Å². The van der Waals surface area contributed by atoms with Crippen molar-refractivity contribution >= 4 is 15.9 Å². The zero-order valence-corrected chi connectivity index (χ0v) is 13.5. The SMILES string of the molecule is COCCNCCN(C)Cc1ccc(Br)cc1OC. The van der Waals surface area contributed by atoms with Gasteiger partial charge in [0.15, 0.2) is 0 Å². The van der Waals surface area contributed by atoms with Crippen LogP contribution in [0.3, 0.4) is 0 Å². The summed E-state index contributed by atoms with van der Waals surface area (Å²) in [7, 11) is 5.53. The molecule has 0 fully saturated rings.